The first-order chi connectivity index (χ1) is 72.9. The van der Waals surface area contributed by atoms with Gasteiger partial charge in [-0.1, -0.05) is 398 Å². The fraction of sp³-hybridized carbons (Fsp3) is 0.0423. The van der Waals surface area contributed by atoms with Gasteiger partial charge in [-0.3, -0.25) is 0 Å². The number of hydrogen-bond donors (Lipinski definition) is 0. The molecule has 2 aliphatic carbocycles. The monoisotopic (exact) mass is 1920 g/mol. The van der Waals surface area contributed by atoms with Gasteiger partial charge in [0, 0.05) is 119 Å². The topological polar surface area (TPSA) is 13.0 Å². The van der Waals surface area contributed by atoms with E-state index in [0.29, 0.717) is 0 Å². The van der Waals surface area contributed by atoms with E-state index in [1.165, 1.54) is 205 Å². The highest BCUT2D eigenvalue weighted by molar-refractivity contribution is 7.26. The maximum Gasteiger partial charge on any atom is 0.0540 e. The van der Waals surface area contributed by atoms with Gasteiger partial charge in [0.2, 0.25) is 0 Å². The molecule has 0 bridgehead atoms. The van der Waals surface area contributed by atoms with Gasteiger partial charge in [-0.05, 0) is 311 Å². The summed E-state index contributed by atoms with van der Waals surface area (Å²) < 4.78 is 5.33. The van der Waals surface area contributed by atoms with E-state index in [1.807, 2.05) is 22.7 Å². The molecule has 698 valence electrons. The highest BCUT2D eigenvalue weighted by Crippen LogP contribution is 2.58. The van der Waals surface area contributed by atoms with Gasteiger partial charge in [-0.15, -0.1) is 22.7 Å². The molecule has 2 aromatic heterocycles. The van der Waals surface area contributed by atoms with Crippen LogP contribution in [0.2, 0.25) is 0 Å². The van der Waals surface area contributed by atoms with Crippen molar-refractivity contribution in [2.45, 2.75) is 38.5 Å². The number of thiophene rings is 2. The minimum Gasteiger partial charge on any atom is -0.310 e. The molecule has 29 rings (SSSR count). The summed E-state index contributed by atoms with van der Waals surface area (Å²) in [4.78, 5) is 9.71. The van der Waals surface area contributed by atoms with Gasteiger partial charge in [0.15, 0.2) is 0 Å². The van der Waals surface area contributed by atoms with Crippen molar-refractivity contribution in [3.05, 3.63) is 544 Å². The van der Waals surface area contributed by atoms with Crippen molar-refractivity contribution in [2.24, 2.45) is 0 Å². The van der Waals surface area contributed by atoms with Gasteiger partial charge < -0.3 is 19.6 Å². The fourth-order valence-corrected chi connectivity index (χ4v) is 26.7. The summed E-state index contributed by atoms with van der Waals surface area (Å²) in [5.74, 6) is 0. The molecule has 2 heterocycles. The third-order valence-corrected chi connectivity index (χ3v) is 33.9. The van der Waals surface area contributed by atoms with Gasteiger partial charge in [-0.2, -0.15) is 0 Å². The molecule has 0 radical (unpaired) electrons. The molecule has 0 saturated heterocycles. The van der Waals surface area contributed by atoms with Gasteiger partial charge >= 0.3 is 0 Å². The van der Waals surface area contributed by atoms with Crippen molar-refractivity contribution in [3.63, 3.8) is 0 Å². The summed E-state index contributed by atoms with van der Waals surface area (Å²) in [6.45, 7) is 9.58. The zero-order chi connectivity index (χ0) is 98.4. The smallest absolute Gasteiger partial charge is 0.0540 e. The van der Waals surface area contributed by atoms with E-state index in [9.17, 15) is 0 Å². The van der Waals surface area contributed by atoms with Crippen LogP contribution in [0.4, 0.5) is 68.2 Å². The van der Waals surface area contributed by atoms with E-state index < -0.39 is 0 Å². The second-order valence-corrected chi connectivity index (χ2v) is 42.6. The van der Waals surface area contributed by atoms with Crippen LogP contribution in [0.3, 0.4) is 0 Å². The average molecular weight is 1920 g/mol. The summed E-state index contributed by atoms with van der Waals surface area (Å²) >= 11 is 3.76. The van der Waals surface area contributed by atoms with Crippen LogP contribution in [0.25, 0.3) is 183 Å². The molecular weight excluding hydrogens is 1830 g/mol. The molecule has 27 aromatic rings. The van der Waals surface area contributed by atoms with Crippen molar-refractivity contribution in [1.29, 1.82) is 0 Å². The minimum atomic E-state index is -0.291. The lowest BCUT2D eigenvalue weighted by Gasteiger charge is -2.30. The molecular formula is C142H98N4S2. The van der Waals surface area contributed by atoms with Crippen LogP contribution < -0.4 is 19.6 Å². The molecule has 0 saturated carbocycles. The number of para-hydroxylation sites is 3. The van der Waals surface area contributed by atoms with Gasteiger partial charge in [-0.25, -0.2) is 0 Å². The predicted octanol–water partition coefficient (Wildman–Crippen LogP) is 41.3. The molecule has 0 spiro atoms. The maximum atomic E-state index is 2.46. The molecule has 0 atom stereocenters. The standard InChI is InChI=1S/C73H50N2S.C69H48N2S/c1-73(2)68-45-54(39-42-63(68)64-43-40-55(46-69(64)73)75(51-18-4-3-5-19-51)70-28-14-17-49-16-6-7-20-56(49)70)74(53-38-41-62-60-23-9-8-21-58(60)59-22-10-11-24-61(59)67(62)44-53)52-36-34-48(35-37-52)47-30-32-50(33-31-47)57-26-15-27-66-65-25-12-13-29-71(65)76-72(57)66;1-69(2)65-43-52(70(48-16-5-3-6-17-48)49-18-7-4-8-19-49)37-40-60(65)61-41-38-53(44-66(61)69)71(51-36-39-59-57-22-10-9-20-55(57)56-21-11-12-23-58(56)64(59)42-51)50-34-32-46(33-35-50)45-28-30-47(31-29-45)54-25-15-26-63-62-24-13-14-27-67(62)72-68(54)63/h3-46H,1-2H3;3-44H,1-2H3. The Morgan fingerprint density at radius 3 is 0.750 bits per heavy atom. The zero-order valence-electron chi connectivity index (χ0n) is 82.3. The van der Waals surface area contributed by atoms with Crippen LogP contribution in [0.1, 0.15) is 49.9 Å². The van der Waals surface area contributed by atoms with E-state index >= 15 is 0 Å². The lowest BCUT2D eigenvalue weighted by molar-refractivity contribution is 0.660. The van der Waals surface area contributed by atoms with Crippen molar-refractivity contribution in [1.82, 2.24) is 0 Å². The Kier molecular flexibility index (Phi) is 21.0. The van der Waals surface area contributed by atoms with E-state index in [1.54, 1.807) is 0 Å². The van der Waals surface area contributed by atoms with Crippen molar-refractivity contribution in [2.75, 3.05) is 19.6 Å². The van der Waals surface area contributed by atoms with Crippen molar-refractivity contribution >= 4 is 207 Å². The van der Waals surface area contributed by atoms with Crippen LogP contribution in [-0.2, 0) is 10.8 Å². The SMILES string of the molecule is CC1(C)c2cc(N(c3ccc(-c4ccc(-c5cccc6c5sc5ccccc56)cc4)cc3)c3ccc4c5ccccc5c5ccccc5c4c3)ccc2-c2ccc(N(c3ccccc3)c3cccc4ccccc34)cc21.CC1(C)c2cc(N(c3ccccc3)c3ccccc3)ccc2-c2ccc(N(c3ccc(-c4ccc(-c5cccc6c5sc5ccccc56)cc4)cc3)c3ccc4c5ccccc5c5ccccc5c4c3)cc21. The molecule has 148 heavy (non-hydrogen) atoms. The summed E-state index contributed by atoms with van der Waals surface area (Å²) in [5, 5.41) is 22.9. The largest absolute Gasteiger partial charge is 0.310 e. The Morgan fingerprint density at radius 1 is 0.149 bits per heavy atom. The zero-order valence-corrected chi connectivity index (χ0v) is 83.9. The molecule has 0 fully saturated rings. The third kappa shape index (κ3) is 14.7. The summed E-state index contributed by atoms with van der Waals surface area (Å²) in [6, 6.07) is 193. The Morgan fingerprint density at radius 2 is 0.385 bits per heavy atom. The summed E-state index contributed by atoms with van der Waals surface area (Å²) in [7, 11) is 0. The van der Waals surface area contributed by atoms with Gasteiger partial charge in [0.25, 0.3) is 0 Å². The van der Waals surface area contributed by atoms with E-state index in [0.717, 1.165) is 68.2 Å². The maximum absolute atomic E-state index is 2.46. The van der Waals surface area contributed by atoms with Gasteiger partial charge in [0.05, 0.1) is 5.69 Å². The first-order valence-electron chi connectivity index (χ1n) is 51.2. The lowest BCUT2D eigenvalue weighted by Crippen LogP contribution is -2.17. The van der Waals surface area contributed by atoms with E-state index in [-0.39, 0.29) is 10.8 Å². The van der Waals surface area contributed by atoms with E-state index in [4.69, 9.17) is 0 Å². The summed E-state index contributed by atoms with van der Waals surface area (Å²) in [5.41, 5.74) is 33.2. The Hall–Kier alpha value is -18.0. The van der Waals surface area contributed by atoms with Crippen molar-refractivity contribution in [3.8, 4) is 66.8 Å². The molecule has 25 aromatic carbocycles. The lowest BCUT2D eigenvalue weighted by atomic mass is 9.82. The predicted molar refractivity (Wildman–Crippen MR) is 637 cm³/mol. The molecule has 0 N–H and O–H groups in total. The van der Waals surface area contributed by atoms with Crippen LogP contribution in [0.15, 0.2) is 522 Å². The van der Waals surface area contributed by atoms with Crippen molar-refractivity contribution < 1.29 is 0 Å². The number of fused-ring (bicyclic) bond motifs is 25. The van der Waals surface area contributed by atoms with E-state index in [2.05, 4.69) is 569 Å². The molecule has 2 aliphatic rings. The van der Waals surface area contributed by atoms with Crippen LogP contribution in [0.5, 0.6) is 0 Å². The van der Waals surface area contributed by atoms with Crippen LogP contribution in [0, 0.1) is 0 Å². The summed E-state index contributed by atoms with van der Waals surface area (Å²) in [6.07, 6.45) is 0. The third-order valence-electron chi connectivity index (χ3n) is 31.5. The second-order valence-electron chi connectivity index (χ2n) is 40.5. The molecule has 0 aliphatic heterocycles. The molecule has 0 amide bonds. The minimum absolute atomic E-state index is 0.265. The van der Waals surface area contributed by atoms with Gasteiger partial charge in [0.1, 0.15) is 0 Å². The number of benzene rings is 25. The Labute approximate surface area is 868 Å². The number of rotatable bonds is 16. The molecule has 6 heteroatoms. The van der Waals surface area contributed by atoms with Crippen LogP contribution >= 0.6 is 22.7 Å². The molecule has 0 unspecified atom stereocenters. The second kappa shape index (κ2) is 35.5. The number of nitrogens with zero attached hydrogens (tertiary/aromatic N) is 4. The average Bonchev–Trinajstić information content (AvgIpc) is 1.49. The Balaban J connectivity index is 0.000000143. The quantitative estimate of drug-likeness (QED) is 0.0894. The number of anilines is 12. The highest BCUT2D eigenvalue weighted by Gasteiger charge is 2.40. The number of hydrogen-bond acceptors (Lipinski definition) is 6. The van der Waals surface area contributed by atoms with Crippen LogP contribution in [-0.4, -0.2) is 0 Å². The molecule has 4 nitrogen and oxygen atoms in total. The first kappa shape index (κ1) is 87.7. The fourth-order valence-electron chi connectivity index (χ4n) is 24.2. The first-order valence-corrected chi connectivity index (χ1v) is 52.9. The normalized spacial score (nSPS) is 12.7. The highest BCUT2D eigenvalue weighted by atomic mass is 32.1. The Bertz CT molecular complexity index is 9870.